The van der Waals surface area contributed by atoms with Crippen LogP contribution in [0.3, 0.4) is 0 Å². The first-order valence-corrected chi connectivity index (χ1v) is 27.1. The number of rotatable bonds is 16. The fourth-order valence-corrected chi connectivity index (χ4v) is 11.9. The van der Waals surface area contributed by atoms with Crippen molar-refractivity contribution in [3.8, 4) is 0 Å². The van der Waals surface area contributed by atoms with Crippen LogP contribution in [-0.4, -0.2) is 156 Å². The largest absolute Gasteiger partial charge is 0.459 e. The van der Waals surface area contributed by atoms with Crippen LogP contribution in [0.5, 0.6) is 0 Å². The molecule has 0 radical (unpaired) electrons. The first-order chi connectivity index (χ1) is 34.8. The number of esters is 2. The first kappa shape index (κ1) is 61.2. The molecule has 1 aliphatic carbocycles. The van der Waals surface area contributed by atoms with Crippen LogP contribution in [0.1, 0.15) is 147 Å². The number of aliphatic hydroxyl groups excluding tert-OH is 1. The van der Waals surface area contributed by atoms with Gasteiger partial charge in [-0.05, 0) is 106 Å². The third kappa shape index (κ3) is 15.7. The average molecular weight is 1050 g/mol. The summed E-state index contributed by atoms with van der Waals surface area (Å²) in [6.07, 6.45) is -2.70. The molecule has 74 heavy (non-hydrogen) atoms. The number of hydrogen-bond donors (Lipinski definition) is 5. The quantitative estimate of drug-likeness (QED) is 0.0473. The standard InChI is InChI=1S/C55H92N4O15/c1-15-42-55(11,65)47(61)34(4)44(58-67-28-22-25-39-23-18-16-19-24-39)32(2)30-53(9,64)48(74-51-46(41(59(12)13)29-33(3)68-51)73-52(63)57-56-40-26-20-17-21-27-40)35(5)45(36(6)50(62)71-42)72-43-31-54(10,66-14)49(37(7)69-43)70-38(8)60/h17,20-21,26-27,32-37,39,41-43,45-49,51,56,61,64-65H,15-16,18-19,22-25,28-31H2,1-14H3,(H,57,63)/b58-44+/t32-,33-,34-,35+,36-,37+,41+,42+,43+,45+,46-,47-,48-,49+,51+,53?,54-,55-/m1/s1. The predicted octanol–water partition coefficient (Wildman–Crippen LogP) is 7.28. The molecule has 0 bridgehead atoms. The van der Waals surface area contributed by atoms with E-state index in [0.717, 1.165) is 12.8 Å². The minimum Gasteiger partial charge on any atom is -0.459 e. The molecule has 1 aromatic carbocycles. The van der Waals surface area contributed by atoms with E-state index < -0.39 is 126 Å². The van der Waals surface area contributed by atoms with E-state index in [1.54, 1.807) is 60.6 Å². The molecule has 0 aromatic heterocycles. The SMILES string of the molecule is CC[C@@H]1OC(=O)[C@H](C)[C@@H](O[C@H]2C[C@@](C)(OC)[C@@H](OC(C)=O)[C@H](C)O2)[C@H](C)[C@@H](O[C@@H]2O[C@H](C)C[C@H](N(C)C)[C@H]2OC(=O)NNc2ccccc2)C(C)(O)C[C@@H](C)/C(=N\OCCCC2CCCCC2)[C@@H](C)[C@@H](O)[C@]1(C)O. The van der Waals surface area contributed by atoms with Crippen LogP contribution in [0.4, 0.5) is 10.5 Å². The molecule has 3 saturated heterocycles. The highest BCUT2D eigenvalue weighted by molar-refractivity contribution is 5.88. The highest BCUT2D eigenvalue weighted by Crippen LogP contribution is 2.42. The first-order valence-electron chi connectivity index (χ1n) is 27.1. The van der Waals surface area contributed by atoms with E-state index in [0.29, 0.717) is 30.3 Å². The maximum absolute atomic E-state index is 14.8. The molecule has 4 aliphatic rings. The van der Waals surface area contributed by atoms with Crippen LogP contribution in [0.2, 0.25) is 0 Å². The molecule has 3 heterocycles. The Labute approximate surface area is 440 Å². The monoisotopic (exact) mass is 1050 g/mol. The predicted molar refractivity (Wildman–Crippen MR) is 277 cm³/mol. The Morgan fingerprint density at radius 2 is 1.57 bits per heavy atom. The molecule has 422 valence electrons. The van der Waals surface area contributed by atoms with Crippen molar-refractivity contribution in [2.75, 3.05) is 33.2 Å². The van der Waals surface area contributed by atoms with Crippen molar-refractivity contribution in [2.45, 2.75) is 231 Å². The molecule has 1 saturated carbocycles. The number of likely N-dealkylation sites (N-methyl/N-ethyl adjacent to an activating group) is 1. The van der Waals surface area contributed by atoms with Crippen molar-refractivity contribution in [3.05, 3.63) is 30.3 Å². The fourth-order valence-electron chi connectivity index (χ4n) is 11.9. The van der Waals surface area contributed by atoms with Gasteiger partial charge in [0.2, 0.25) is 0 Å². The summed E-state index contributed by atoms with van der Waals surface area (Å²) in [7, 11) is 5.25. The zero-order chi connectivity index (χ0) is 54.7. The summed E-state index contributed by atoms with van der Waals surface area (Å²) >= 11 is 0. The number of nitrogens with one attached hydrogen (secondary N) is 2. The lowest BCUT2D eigenvalue weighted by Crippen LogP contribution is -2.62. The highest BCUT2D eigenvalue weighted by atomic mass is 16.7. The Balaban J connectivity index is 1.61. The zero-order valence-electron chi connectivity index (χ0n) is 46.7. The Morgan fingerprint density at radius 1 is 0.892 bits per heavy atom. The smallest absolute Gasteiger partial charge is 0.426 e. The number of ether oxygens (including phenoxy) is 8. The number of cyclic esters (lactones) is 1. The molecule has 3 aliphatic heterocycles. The average Bonchev–Trinajstić information content (AvgIpc) is 3.35. The number of amides is 1. The van der Waals surface area contributed by atoms with E-state index in [4.69, 9.17) is 42.7 Å². The van der Waals surface area contributed by atoms with E-state index in [1.165, 1.54) is 53.1 Å². The van der Waals surface area contributed by atoms with E-state index in [2.05, 4.69) is 16.0 Å². The summed E-state index contributed by atoms with van der Waals surface area (Å²) in [5.74, 6) is -4.15. The molecule has 1 amide bonds. The lowest BCUT2D eigenvalue weighted by molar-refractivity contribution is -0.318. The van der Waals surface area contributed by atoms with E-state index in [-0.39, 0.29) is 19.3 Å². The topological polar surface area (TPSA) is 235 Å². The van der Waals surface area contributed by atoms with Crippen molar-refractivity contribution in [1.82, 2.24) is 10.3 Å². The van der Waals surface area contributed by atoms with Gasteiger partial charge in [0.25, 0.3) is 0 Å². The lowest BCUT2D eigenvalue weighted by atomic mass is 9.73. The Hall–Kier alpha value is -3.66. The number of carbonyl (C=O) groups is 3. The van der Waals surface area contributed by atoms with Gasteiger partial charge >= 0.3 is 18.0 Å². The Kier molecular flexibility index (Phi) is 22.4. The second-order valence-corrected chi connectivity index (χ2v) is 22.6. The lowest BCUT2D eigenvalue weighted by Gasteiger charge is -2.49. The van der Waals surface area contributed by atoms with Gasteiger partial charge in [0.15, 0.2) is 24.8 Å². The van der Waals surface area contributed by atoms with Gasteiger partial charge in [0.05, 0.1) is 59.5 Å². The second kappa shape index (κ2) is 27.1. The number of para-hydroxylation sites is 1. The maximum atomic E-state index is 14.8. The summed E-state index contributed by atoms with van der Waals surface area (Å²) in [6.45, 7) is 18.9. The van der Waals surface area contributed by atoms with Crippen molar-refractivity contribution >= 4 is 29.4 Å². The normalized spacial score (nSPS) is 39.6. The number of hydrogen-bond acceptors (Lipinski definition) is 18. The van der Waals surface area contributed by atoms with Crippen molar-refractivity contribution in [1.29, 1.82) is 0 Å². The molecular formula is C55H92N4O15. The minimum absolute atomic E-state index is 0.0383. The molecule has 0 spiro atoms. The number of benzene rings is 1. The zero-order valence-corrected chi connectivity index (χ0v) is 46.7. The van der Waals surface area contributed by atoms with Crippen LogP contribution >= 0.6 is 0 Å². The number of oxime groups is 1. The van der Waals surface area contributed by atoms with Gasteiger partial charge in [0, 0.05) is 38.2 Å². The van der Waals surface area contributed by atoms with Gasteiger partial charge in [-0.15, -0.1) is 0 Å². The summed E-state index contributed by atoms with van der Waals surface area (Å²) in [5.41, 5.74) is 1.58. The number of aliphatic hydroxyl groups is 3. The fraction of sp³-hybridized carbons (Fsp3) is 0.818. The maximum Gasteiger partial charge on any atom is 0.426 e. The van der Waals surface area contributed by atoms with Gasteiger partial charge in [0.1, 0.15) is 23.9 Å². The molecule has 5 rings (SSSR count). The van der Waals surface area contributed by atoms with Crippen LogP contribution in [0.25, 0.3) is 0 Å². The molecule has 19 heteroatoms. The van der Waals surface area contributed by atoms with Gasteiger partial charge in [-0.2, -0.15) is 0 Å². The molecule has 1 unspecified atom stereocenters. The third-order valence-corrected chi connectivity index (χ3v) is 16.2. The van der Waals surface area contributed by atoms with Gasteiger partial charge in [-0.25, -0.2) is 10.2 Å². The molecule has 18 atom stereocenters. The third-order valence-electron chi connectivity index (χ3n) is 16.2. The van der Waals surface area contributed by atoms with Crippen molar-refractivity contribution in [3.63, 3.8) is 0 Å². The molecular weight excluding hydrogens is 957 g/mol. The van der Waals surface area contributed by atoms with Gasteiger partial charge in [-0.1, -0.05) is 83.2 Å². The minimum atomic E-state index is -1.98. The van der Waals surface area contributed by atoms with Crippen LogP contribution < -0.4 is 10.9 Å². The molecule has 19 nitrogen and oxygen atoms in total. The highest BCUT2D eigenvalue weighted by Gasteiger charge is 2.55. The molecule has 4 fully saturated rings. The summed E-state index contributed by atoms with van der Waals surface area (Å²) in [6, 6.07) is 8.64. The van der Waals surface area contributed by atoms with E-state index in [1.807, 2.05) is 51.0 Å². The number of anilines is 1. The second-order valence-electron chi connectivity index (χ2n) is 22.6. The summed E-state index contributed by atoms with van der Waals surface area (Å²) in [4.78, 5) is 48.8. The van der Waals surface area contributed by atoms with Crippen molar-refractivity contribution < 1.29 is 72.4 Å². The molecule has 5 N–H and O–H groups in total. The number of methoxy groups -OCH3 is 1. The molecule has 1 aromatic rings. The van der Waals surface area contributed by atoms with Crippen LogP contribution in [0, 0.1) is 29.6 Å². The number of nitrogens with zero attached hydrogens (tertiary/aromatic N) is 2. The van der Waals surface area contributed by atoms with Crippen LogP contribution in [-0.2, 0) is 52.3 Å². The van der Waals surface area contributed by atoms with Crippen molar-refractivity contribution in [2.24, 2.45) is 34.7 Å². The van der Waals surface area contributed by atoms with E-state index >= 15 is 0 Å². The Bertz CT molecular complexity index is 1950. The van der Waals surface area contributed by atoms with Gasteiger partial charge in [-0.3, -0.25) is 15.0 Å². The summed E-state index contributed by atoms with van der Waals surface area (Å²) < 4.78 is 51.2. The number of carbonyl (C=O) groups excluding carboxylic acids is 3. The Morgan fingerprint density at radius 3 is 2.19 bits per heavy atom. The van der Waals surface area contributed by atoms with Crippen LogP contribution in [0.15, 0.2) is 35.5 Å². The van der Waals surface area contributed by atoms with E-state index in [9.17, 15) is 29.7 Å². The summed E-state index contributed by atoms with van der Waals surface area (Å²) in [5, 5.41) is 42.4. The van der Waals surface area contributed by atoms with Gasteiger partial charge < -0.3 is 63.0 Å². The number of hydrazine groups is 1.